The molecule has 7 heteroatoms. The van der Waals surface area contributed by atoms with Gasteiger partial charge in [0.05, 0.1) is 17.8 Å². The molecule has 2 aromatic rings. The molecule has 25 heavy (non-hydrogen) atoms. The van der Waals surface area contributed by atoms with Gasteiger partial charge in [-0.05, 0) is 55.1 Å². The molecular formula is C18H12Br3N3O. The first-order valence-electron chi connectivity index (χ1n) is 7.89. The van der Waals surface area contributed by atoms with Crippen molar-refractivity contribution in [1.29, 1.82) is 0 Å². The molecule has 2 atom stereocenters. The number of hydrogen-bond acceptors (Lipinski definition) is 4. The van der Waals surface area contributed by atoms with Crippen molar-refractivity contribution < 1.29 is 4.74 Å². The molecule has 0 spiro atoms. The Morgan fingerprint density at radius 2 is 1.88 bits per heavy atom. The minimum Gasteiger partial charge on any atom is -0.367 e. The van der Waals surface area contributed by atoms with E-state index in [0.717, 1.165) is 31.4 Å². The zero-order valence-electron chi connectivity index (χ0n) is 12.9. The lowest BCUT2D eigenvalue weighted by molar-refractivity contribution is 0.0119. The van der Waals surface area contributed by atoms with E-state index in [9.17, 15) is 0 Å². The van der Waals surface area contributed by atoms with Crippen LogP contribution < -0.4 is 5.01 Å². The van der Waals surface area contributed by atoms with Crippen LogP contribution in [0.1, 0.15) is 17.2 Å². The van der Waals surface area contributed by atoms with Gasteiger partial charge in [-0.25, -0.2) is 5.01 Å². The second-order valence-corrected chi connectivity index (χ2v) is 8.84. The highest BCUT2D eigenvalue weighted by atomic mass is 79.9. The first-order chi connectivity index (χ1) is 12.1. The Labute approximate surface area is 171 Å². The quantitative estimate of drug-likeness (QED) is 0.518. The number of rotatable bonds is 1. The number of nitrogens with zero attached hydrogens (tertiary/aromatic N) is 3. The summed E-state index contributed by atoms with van der Waals surface area (Å²) >= 11 is 10.8. The van der Waals surface area contributed by atoms with E-state index in [0.29, 0.717) is 6.61 Å². The fourth-order valence-electron chi connectivity index (χ4n) is 3.68. The van der Waals surface area contributed by atoms with Crippen molar-refractivity contribution in [2.45, 2.75) is 18.6 Å². The molecule has 0 aromatic heterocycles. The van der Waals surface area contributed by atoms with Gasteiger partial charge in [-0.1, -0.05) is 40.2 Å². The summed E-state index contributed by atoms with van der Waals surface area (Å²) in [5.74, 6) is 0.889. The predicted octanol–water partition coefficient (Wildman–Crippen LogP) is 5.10. The van der Waals surface area contributed by atoms with Crippen molar-refractivity contribution in [1.82, 2.24) is 4.90 Å². The molecule has 0 bridgehead atoms. The molecule has 1 aliphatic carbocycles. The molecule has 126 valence electrons. The summed E-state index contributed by atoms with van der Waals surface area (Å²) < 4.78 is 8.96. The lowest BCUT2D eigenvalue weighted by Gasteiger charge is -2.35. The van der Waals surface area contributed by atoms with E-state index in [2.05, 4.69) is 83.6 Å². The smallest absolute Gasteiger partial charge is 0.233 e. The highest BCUT2D eigenvalue weighted by Crippen LogP contribution is 2.45. The number of morpholine rings is 1. The molecule has 2 aromatic carbocycles. The van der Waals surface area contributed by atoms with Crippen molar-refractivity contribution in [2.75, 3.05) is 11.6 Å². The summed E-state index contributed by atoms with van der Waals surface area (Å²) in [5, 5.41) is 6.52. The average molecular weight is 526 g/mol. The molecule has 0 saturated carbocycles. The van der Waals surface area contributed by atoms with Crippen molar-refractivity contribution in [3.8, 4) is 0 Å². The average Bonchev–Trinajstić information content (AvgIpc) is 3.13. The van der Waals surface area contributed by atoms with Crippen molar-refractivity contribution >= 4 is 59.3 Å². The molecule has 4 nitrogen and oxygen atoms in total. The van der Waals surface area contributed by atoms with E-state index >= 15 is 0 Å². The second kappa shape index (κ2) is 6.08. The largest absolute Gasteiger partial charge is 0.367 e. The molecular weight excluding hydrogens is 514 g/mol. The maximum atomic E-state index is 6.09. The Hall–Kier alpha value is -0.890. The zero-order valence-corrected chi connectivity index (χ0v) is 17.7. The first-order valence-corrected chi connectivity index (χ1v) is 10.3. The van der Waals surface area contributed by atoms with Gasteiger partial charge in [-0.15, -0.1) is 0 Å². The molecule has 1 saturated heterocycles. The lowest BCUT2D eigenvalue weighted by atomic mass is 10.1. The third-order valence-corrected chi connectivity index (χ3v) is 6.41. The molecule has 3 aliphatic rings. The third kappa shape index (κ3) is 2.59. The Balaban J connectivity index is 1.52. The summed E-state index contributed by atoms with van der Waals surface area (Å²) in [4.78, 5) is 2.14. The summed E-state index contributed by atoms with van der Waals surface area (Å²) in [6, 6.07) is 12.7. The maximum Gasteiger partial charge on any atom is 0.233 e. The minimum atomic E-state index is 0.140. The summed E-state index contributed by atoms with van der Waals surface area (Å²) in [6.07, 6.45) is 1.10. The summed E-state index contributed by atoms with van der Waals surface area (Å²) in [6.45, 7) is 3.93. The van der Waals surface area contributed by atoms with Gasteiger partial charge < -0.3 is 9.64 Å². The Kier molecular flexibility index (Phi) is 3.96. The number of hydrogen-bond donors (Lipinski definition) is 0. The number of ether oxygens (including phenoxy) is 1. The highest BCUT2D eigenvalue weighted by Gasteiger charge is 2.46. The second-order valence-electron chi connectivity index (χ2n) is 6.21. The Bertz CT molecular complexity index is 878. The topological polar surface area (TPSA) is 28.1 Å². The number of benzene rings is 2. The molecule has 1 fully saturated rings. The van der Waals surface area contributed by atoms with E-state index in [-0.39, 0.29) is 12.1 Å². The minimum absolute atomic E-state index is 0.140. The van der Waals surface area contributed by atoms with Gasteiger partial charge in [0.25, 0.3) is 0 Å². The van der Waals surface area contributed by atoms with Crippen molar-refractivity contribution in [3.05, 3.63) is 67.6 Å². The van der Waals surface area contributed by atoms with E-state index < -0.39 is 0 Å². The highest BCUT2D eigenvalue weighted by molar-refractivity contribution is 9.11. The summed E-state index contributed by atoms with van der Waals surface area (Å²) in [7, 11) is 0. The molecule has 0 unspecified atom stereocenters. The van der Waals surface area contributed by atoms with Crippen LogP contribution in [0.25, 0.3) is 0 Å². The Morgan fingerprint density at radius 3 is 2.68 bits per heavy atom. The van der Waals surface area contributed by atoms with E-state index in [1.165, 1.54) is 11.1 Å². The fourth-order valence-corrected chi connectivity index (χ4v) is 6.27. The van der Waals surface area contributed by atoms with E-state index in [1.54, 1.807) is 5.01 Å². The van der Waals surface area contributed by atoms with Gasteiger partial charge in [0.2, 0.25) is 6.67 Å². The molecule has 0 amide bonds. The normalized spacial score (nSPS) is 24.0. The van der Waals surface area contributed by atoms with Gasteiger partial charge in [0.15, 0.2) is 5.84 Å². The molecule has 2 aliphatic heterocycles. The molecule has 2 heterocycles. The van der Waals surface area contributed by atoms with Crippen molar-refractivity contribution in [2.24, 2.45) is 5.10 Å². The predicted molar refractivity (Wildman–Crippen MR) is 107 cm³/mol. The molecule has 2 radical (unpaired) electrons. The van der Waals surface area contributed by atoms with Gasteiger partial charge in [0, 0.05) is 19.8 Å². The Morgan fingerprint density at radius 1 is 1.12 bits per heavy atom. The van der Waals surface area contributed by atoms with Crippen LogP contribution in [0.3, 0.4) is 0 Å². The number of fused-ring (bicyclic) bond motifs is 5. The van der Waals surface area contributed by atoms with E-state index in [1.807, 2.05) is 12.1 Å². The van der Waals surface area contributed by atoms with Crippen LogP contribution in [0.4, 0.5) is 5.69 Å². The van der Waals surface area contributed by atoms with E-state index in [4.69, 9.17) is 9.84 Å². The van der Waals surface area contributed by atoms with Gasteiger partial charge in [0.1, 0.15) is 6.61 Å². The van der Waals surface area contributed by atoms with Gasteiger partial charge >= 0.3 is 0 Å². The number of anilines is 1. The monoisotopic (exact) mass is 523 g/mol. The molecule has 5 rings (SSSR count). The van der Waals surface area contributed by atoms with Crippen LogP contribution in [0.2, 0.25) is 0 Å². The van der Waals surface area contributed by atoms with Crippen molar-refractivity contribution in [3.63, 3.8) is 0 Å². The number of hydrazone groups is 1. The van der Waals surface area contributed by atoms with Gasteiger partial charge in [-0.3, -0.25) is 0 Å². The molecule has 0 N–H and O–H groups in total. The van der Waals surface area contributed by atoms with Crippen LogP contribution in [0.5, 0.6) is 0 Å². The van der Waals surface area contributed by atoms with Crippen LogP contribution in [0, 0.1) is 6.67 Å². The third-order valence-electron chi connectivity index (χ3n) is 4.74. The zero-order chi connectivity index (χ0) is 17.1. The van der Waals surface area contributed by atoms with Crippen LogP contribution in [0.15, 0.2) is 54.9 Å². The number of amidine groups is 1. The summed E-state index contributed by atoms with van der Waals surface area (Å²) in [5.41, 5.74) is 3.58. The maximum absolute atomic E-state index is 6.09. The fraction of sp³-hybridized carbons (Fsp3) is 0.222. The van der Waals surface area contributed by atoms with Crippen LogP contribution in [-0.2, 0) is 11.2 Å². The van der Waals surface area contributed by atoms with Crippen LogP contribution >= 0.6 is 47.8 Å². The SMILES string of the molecule is Brc1cc(Br)c(N2[C]N3C(=N2)CO[C@H]2Cc4ccccc4[C@H]23)c(Br)c1. The lowest BCUT2D eigenvalue weighted by Crippen LogP contribution is -2.44. The number of halogens is 3. The van der Waals surface area contributed by atoms with Gasteiger partial charge in [-0.2, -0.15) is 5.10 Å². The standard InChI is InChI=1S/C18H12Br3N3O/c19-11-6-13(20)18(14(21)7-11)24-9-23-16(22-24)8-25-15-5-10-3-1-2-4-12(10)17(15)23/h1-4,6-7,15,17H,5,8H2/t15-,17+/m0/s1. The first kappa shape index (κ1) is 16.3. The van der Waals surface area contributed by atoms with Crippen LogP contribution in [-0.4, -0.2) is 23.4 Å².